The first-order valence-corrected chi connectivity index (χ1v) is 5.56. The molecule has 6 nitrogen and oxygen atoms in total. The smallest absolute Gasteiger partial charge is 0.372 e. The topological polar surface area (TPSA) is 101 Å². The van der Waals surface area contributed by atoms with Gasteiger partial charge in [-0.1, -0.05) is 0 Å². The molecule has 0 saturated heterocycles. The highest BCUT2D eigenvalue weighted by Gasteiger charge is 2.22. The molecule has 2 N–H and O–H groups in total. The monoisotopic (exact) mass is 264 g/mol. The van der Waals surface area contributed by atoms with Crippen LogP contribution in [0.25, 0.3) is 0 Å². The molecule has 2 rings (SSSR count). The van der Waals surface area contributed by atoms with Crippen molar-refractivity contribution < 1.29 is 28.6 Å². The average molecular weight is 264 g/mol. The molecule has 0 aromatic carbocycles. The van der Waals surface area contributed by atoms with Crippen LogP contribution in [0, 0.1) is 6.92 Å². The molecule has 0 amide bonds. The van der Waals surface area contributed by atoms with Gasteiger partial charge in [0.2, 0.25) is 11.5 Å². The lowest BCUT2D eigenvalue weighted by atomic mass is 10.1. The van der Waals surface area contributed by atoms with Crippen molar-refractivity contribution in [3.63, 3.8) is 0 Å². The number of furan rings is 2. The molecule has 0 fully saturated rings. The predicted molar refractivity (Wildman–Crippen MR) is 63.6 cm³/mol. The first-order valence-electron chi connectivity index (χ1n) is 5.56. The molecule has 0 radical (unpaired) electrons. The molecular formula is C13H12O6. The number of aromatic carboxylic acids is 2. The Bertz CT molecular complexity index is 633. The van der Waals surface area contributed by atoms with E-state index in [0.29, 0.717) is 17.1 Å². The van der Waals surface area contributed by atoms with Crippen molar-refractivity contribution in [2.75, 3.05) is 0 Å². The highest BCUT2D eigenvalue weighted by atomic mass is 16.4. The zero-order chi connectivity index (χ0) is 14.2. The number of hydrogen-bond acceptors (Lipinski definition) is 4. The highest BCUT2D eigenvalue weighted by molar-refractivity contribution is 5.86. The summed E-state index contributed by atoms with van der Waals surface area (Å²) < 4.78 is 10.4. The largest absolute Gasteiger partial charge is 0.475 e. The first kappa shape index (κ1) is 12.9. The van der Waals surface area contributed by atoms with Gasteiger partial charge in [-0.15, -0.1) is 0 Å². The zero-order valence-electron chi connectivity index (χ0n) is 10.3. The predicted octanol–water partition coefficient (Wildman–Crippen LogP) is 2.73. The van der Waals surface area contributed by atoms with Crippen LogP contribution in [0.3, 0.4) is 0 Å². The van der Waals surface area contributed by atoms with Gasteiger partial charge in [0.05, 0.1) is 5.92 Å². The van der Waals surface area contributed by atoms with Gasteiger partial charge in [0.1, 0.15) is 11.5 Å². The van der Waals surface area contributed by atoms with Gasteiger partial charge in [-0.3, -0.25) is 0 Å². The lowest BCUT2D eigenvalue weighted by Gasteiger charge is -2.04. The van der Waals surface area contributed by atoms with Gasteiger partial charge in [0.25, 0.3) is 0 Å². The normalized spacial score (nSPS) is 12.3. The average Bonchev–Trinajstić information content (AvgIpc) is 2.94. The molecule has 1 unspecified atom stereocenters. The number of aryl methyl sites for hydroxylation is 1. The number of carboxylic acid groups (broad SMARTS) is 2. The van der Waals surface area contributed by atoms with E-state index in [1.54, 1.807) is 19.9 Å². The molecule has 0 aliphatic rings. The number of carbonyl (C=O) groups is 2. The van der Waals surface area contributed by atoms with Gasteiger partial charge in [0.15, 0.2) is 0 Å². The van der Waals surface area contributed by atoms with Crippen LogP contribution < -0.4 is 0 Å². The Morgan fingerprint density at radius 1 is 1.11 bits per heavy atom. The summed E-state index contributed by atoms with van der Waals surface area (Å²) in [5, 5.41) is 17.7. The summed E-state index contributed by atoms with van der Waals surface area (Å²) >= 11 is 0. The standard InChI is InChI=1S/C13H12O6/c1-6-5-10(19-11(6)13(16)17)7(2)8-3-4-9(18-8)12(14)15/h3-5,7H,1-2H3,(H,14,15)(H,16,17). The van der Waals surface area contributed by atoms with E-state index in [9.17, 15) is 9.59 Å². The lowest BCUT2D eigenvalue weighted by Crippen LogP contribution is -1.96. The summed E-state index contributed by atoms with van der Waals surface area (Å²) in [6.45, 7) is 3.38. The van der Waals surface area contributed by atoms with Crippen LogP contribution in [-0.2, 0) is 0 Å². The van der Waals surface area contributed by atoms with Crippen LogP contribution in [0.2, 0.25) is 0 Å². The second-order valence-corrected chi connectivity index (χ2v) is 4.19. The van der Waals surface area contributed by atoms with Crippen LogP contribution in [0.5, 0.6) is 0 Å². The Labute approximate surface area is 108 Å². The van der Waals surface area contributed by atoms with Crippen molar-refractivity contribution in [2.24, 2.45) is 0 Å². The number of hydrogen-bond donors (Lipinski definition) is 2. The van der Waals surface area contributed by atoms with Crippen molar-refractivity contribution in [1.29, 1.82) is 0 Å². The fourth-order valence-electron chi connectivity index (χ4n) is 1.77. The molecule has 0 aliphatic heterocycles. The fourth-order valence-corrected chi connectivity index (χ4v) is 1.77. The van der Waals surface area contributed by atoms with Crippen LogP contribution >= 0.6 is 0 Å². The van der Waals surface area contributed by atoms with E-state index in [2.05, 4.69) is 0 Å². The maximum absolute atomic E-state index is 10.9. The minimum atomic E-state index is -1.15. The van der Waals surface area contributed by atoms with Crippen LogP contribution in [-0.4, -0.2) is 22.2 Å². The van der Waals surface area contributed by atoms with Gasteiger partial charge >= 0.3 is 11.9 Å². The lowest BCUT2D eigenvalue weighted by molar-refractivity contribution is 0.0652. The Hall–Kier alpha value is -2.50. The van der Waals surface area contributed by atoms with Crippen LogP contribution in [0.4, 0.5) is 0 Å². The third kappa shape index (κ3) is 2.37. The minimum Gasteiger partial charge on any atom is -0.475 e. The van der Waals surface area contributed by atoms with Gasteiger partial charge in [-0.25, -0.2) is 9.59 Å². The van der Waals surface area contributed by atoms with Gasteiger partial charge in [-0.05, 0) is 32.0 Å². The molecule has 6 heteroatoms. The Kier molecular flexibility index (Phi) is 3.16. The molecular weight excluding hydrogens is 252 g/mol. The van der Waals surface area contributed by atoms with Crippen molar-refractivity contribution >= 4 is 11.9 Å². The second kappa shape index (κ2) is 4.64. The van der Waals surface area contributed by atoms with E-state index in [1.165, 1.54) is 12.1 Å². The maximum atomic E-state index is 10.9. The number of rotatable bonds is 4. The van der Waals surface area contributed by atoms with E-state index in [1.807, 2.05) is 0 Å². The van der Waals surface area contributed by atoms with Crippen molar-refractivity contribution in [1.82, 2.24) is 0 Å². The van der Waals surface area contributed by atoms with E-state index >= 15 is 0 Å². The minimum absolute atomic E-state index is 0.119. The molecule has 0 spiro atoms. The van der Waals surface area contributed by atoms with E-state index < -0.39 is 11.9 Å². The SMILES string of the molecule is Cc1cc(C(C)c2ccc(C(=O)O)o2)oc1C(=O)O. The molecule has 19 heavy (non-hydrogen) atoms. The Morgan fingerprint density at radius 2 is 1.79 bits per heavy atom. The number of carboxylic acids is 2. The van der Waals surface area contributed by atoms with Crippen LogP contribution in [0.15, 0.2) is 27.0 Å². The quantitative estimate of drug-likeness (QED) is 0.880. The molecule has 0 bridgehead atoms. The second-order valence-electron chi connectivity index (χ2n) is 4.19. The molecule has 1 atom stereocenters. The summed E-state index contributed by atoms with van der Waals surface area (Å²) in [6.07, 6.45) is 0. The summed E-state index contributed by atoms with van der Waals surface area (Å²) in [7, 11) is 0. The van der Waals surface area contributed by atoms with Gasteiger partial charge in [-0.2, -0.15) is 0 Å². The third-order valence-corrected chi connectivity index (χ3v) is 2.82. The van der Waals surface area contributed by atoms with Gasteiger partial charge in [0, 0.05) is 5.56 Å². The van der Waals surface area contributed by atoms with Crippen molar-refractivity contribution in [3.05, 3.63) is 46.8 Å². The zero-order valence-corrected chi connectivity index (χ0v) is 10.3. The summed E-state index contributed by atoms with van der Waals surface area (Å²) in [6, 6.07) is 4.49. The fraction of sp³-hybridized carbons (Fsp3) is 0.231. The van der Waals surface area contributed by atoms with Crippen LogP contribution in [0.1, 0.15) is 51.0 Å². The summed E-state index contributed by atoms with van der Waals surface area (Å²) in [5.74, 6) is -2.11. The Morgan fingerprint density at radius 3 is 2.26 bits per heavy atom. The molecule has 0 saturated carbocycles. The van der Waals surface area contributed by atoms with Gasteiger partial charge < -0.3 is 19.0 Å². The third-order valence-electron chi connectivity index (χ3n) is 2.82. The first-order chi connectivity index (χ1) is 8.90. The molecule has 0 aliphatic carbocycles. The van der Waals surface area contributed by atoms with E-state index in [0.717, 1.165) is 0 Å². The van der Waals surface area contributed by atoms with E-state index in [-0.39, 0.29) is 17.4 Å². The molecule has 2 aromatic rings. The molecule has 2 heterocycles. The summed E-state index contributed by atoms with van der Waals surface area (Å²) in [4.78, 5) is 21.6. The van der Waals surface area contributed by atoms with E-state index in [4.69, 9.17) is 19.0 Å². The van der Waals surface area contributed by atoms with Crippen molar-refractivity contribution in [2.45, 2.75) is 19.8 Å². The van der Waals surface area contributed by atoms with Crippen molar-refractivity contribution in [3.8, 4) is 0 Å². The maximum Gasteiger partial charge on any atom is 0.372 e. The highest BCUT2D eigenvalue weighted by Crippen LogP contribution is 2.29. The Balaban J connectivity index is 2.32. The molecule has 100 valence electrons. The summed E-state index contributed by atoms with van der Waals surface area (Å²) in [5.41, 5.74) is 0.513. The molecule has 2 aromatic heterocycles.